The van der Waals surface area contributed by atoms with Gasteiger partial charge in [0, 0.05) is 43.9 Å². The summed E-state index contributed by atoms with van der Waals surface area (Å²) in [5, 5.41) is 7.76. The Morgan fingerprint density at radius 3 is 2.54 bits per heavy atom. The zero-order valence-electron chi connectivity index (χ0n) is 16.8. The number of hydrogen-bond donors (Lipinski definition) is 2. The molecular weight excluding hydrogens is 487 g/mol. The Balaban J connectivity index is 0.00000280. The number of piperidine rings is 1. The van der Waals surface area contributed by atoms with Crippen LogP contribution in [-0.2, 0) is 11.3 Å². The van der Waals surface area contributed by atoms with Crippen LogP contribution < -0.4 is 10.6 Å². The molecule has 158 valence electrons. The average molecular weight is 521 g/mol. The number of hydrogen-bond acceptors (Lipinski definition) is 3. The van der Waals surface area contributed by atoms with E-state index < -0.39 is 0 Å². The molecule has 0 atom stereocenters. The third-order valence-electron chi connectivity index (χ3n) is 5.15. The van der Waals surface area contributed by atoms with Crippen molar-refractivity contribution in [2.45, 2.75) is 45.2 Å². The highest BCUT2D eigenvalue weighted by atomic mass is 127. The van der Waals surface area contributed by atoms with Crippen molar-refractivity contribution in [1.82, 2.24) is 15.5 Å². The normalized spacial score (nSPS) is 18.6. The summed E-state index contributed by atoms with van der Waals surface area (Å²) in [5.74, 6) is 1.74. The van der Waals surface area contributed by atoms with Crippen molar-refractivity contribution in [2.75, 3.05) is 39.4 Å². The van der Waals surface area contributed by atoms with Crippen molar-refractivity contribution < 1.29 is 4.74 Å². The first-order valence-electron chi connectivity index (χ1n) is 10.3. The number of nitrogens with zero attached hydrogens (tertiary/aromatic N) is 2. The summed E-state index contributed by atoms with van der Waals surface area (Å²) in [6.45, 7) is 8.53. The molecule has 1 saturated carbocycles. The average Bonchev–Trinajstić information content (AvgIpc) is 3.49. The maximum absolute atomic E-state index is 5.97. The predicted octanol–water partition coefficient (Wildman–Crippen LogP) is 3.90. The molecule has 5 nitrogen and oxygen atoms in total. The fourth-order valence-corrected chi connectivity index (χ4v) is 3.48. The van der Waals surface area contributed by atoms with Crippen LogP contribution in [0.2, 0.25) is 5.02 Å². The lowest BCUT2D eigenvalue weighted by atomic mass is 10.0. The van der Waals surface area contributed by atoms with Gasteiger partial charge in [-0.25, -0.2) is 0 Å². The lowest BCUT2D eigenvalue weighted by Crippen LogP contribution is -2.48. The molecule has 0 bridgehead atoms. The Hall–Kier alpha value is -0.570. The molecule has 1 saturated heterocycles. The Labute approximate surface area is 191 Å². The number of rotatable bonds is 9. The maximum atomic E-state index is 5.97. The summed E-state index contributed by atoms with van der Waals surface area (Å²) in [4.78, 5) is 7.17. The molecule has 2 aliphatic rings. The zero-order chi connectivity index (χ0) is 18.9. The van der Waals surface area contributed by atoms with Crippen LogP contribution >= 0.6 is 35.6 Å². The summed E-state index contributed by atoms with van der Waals surface area (Å²) in [6, 6.07) is 8.66. The standard InChI is InChI=1S/C21H33ClN4O.HI/c1-2-23-21(24-11-14-27-16-18-3-4-18)25-20-9-12-26(13-10-20)15-17-5-7-19(22)8-6-17;/h5-8,18,20H,2-4,9-16H2,1H3,(H2,23,24,25);1H. The van der Waals surface area contributed by atoms with Gasteiger partial charge in [-0.3, -0.25) is 9.89 Å². The van der Waals surface area contributed by atoms with Gasteiger partial charge in [-0.05, 0) is 56.2 Å². The van der Waals surface area contributed by atoms with E-state index >= 15 is 0 Å². The molecule has 0 unspecified atom stereocenters. The Morgan fingerprint density at radius 1 is 1.18 bits per heavy atom. The number of benzene rings is 1. The monoisotopic (exact) mass is 520 g/mol. The molecule has 1 aromatic carbocycles. The van der Waals surface area contributed by atoms with Gasteiger partial charge < -0.3 is 15.4 Å². The summed E-state index contributed by atoms with van der Waals surface area (Å²) in [6.07, 6.45) is 4.95. The second-order valence-electron chi connectivity index (χ2n) is 7.60. The summed E-state index contributed by atoms with van der Waals surface area (Å²) in [5.41, 5.74) is 1.33. The summed E-state index contributed by atoms with van der Waals surface area (Å²) < 4.78 is 5.68. The van der Waals surface area contributed by atoms with Gasteiger partial charge in [-0.1, -0.05) is 23.7 Å². The predicted molar refractivity (Wildman–Crippen MR) is 128 cm³/mol. The highest BCUT2D eigenvalue weighted by molar-refractivity contribution is 14.0. The molecule has 0 amide bonds. The first kappa shape index (κ1) is 23.7. The van der Waals surface area contributed by atoms with Crippen LogP contribution in [0.3, 0.4) is 0 Å². The number of guanidine groups is 1. The largest absolute Gasteiger partial charge is 0.379 e. The van der Waals surface area contributed by atoms with Crippen LogP contribution in [0.15, 0.2) is 29.3 Å². The third kappa shape index (κ3) is 8.84. The van der Waals surface area contributed by atoms with Gasteiger partial charge in [0.15, 0.2) is 5.96 Å². The van der Waals surface area contributed by atoms with Crippen LogP contribution in [0.4, 0.5) is 0 Å². The lowest BCUT2D eigenvalue weighted by Gasteiger charge is -2.33. The van der Waals surface area contributed by atoms with E-state index in [1.165, 1.54) is 18.4 Å². The number of likely N-dealkylation sites (tertiary alicyclic amines) is 1. The van der Waals surface area contributed by atoms with E-state index in [0.29, 0.717) is 12.6 Å². The number of nitrogens with one attached hydrogen (secondary N) is 2. The highest BCUT2D eigenvalue weighted by Gasteiger charge is 2.21. The molecule has 2 fully saturated rings. The SMILES string of the molecule is CCNC(=NCCOCC1CC1)NC1CCN(Cc2ccc(Cl)cc2)CC1.I. The molecule has 1 aliphatic heterocycles. The lowest BCUT2D eigenvalue weighted by molar-refractivity contribution is 0.131. The van der Waals surface area contributed by atoms with Crippen LogP contribution in [0.5, 0.6) is 0 Å². The summed E-state index contributed by atoms with van der Waals surface area (Å²) >= 11 is 5.97. The van der Waals surface area contributed by atoms with E-state index in [0.717, 1.165) is 69.1 Å². The van der Waals surface area contributed by atoms with Crippen molar-refractivity contribution in [2.24, 2.45) is 10.9 Å². The van der Waals surface area contributed by atoms with Gasteiger partial charge in [-0.2, -0.15) is 0 Å². The smallest absolute Gasteiger partial charge is 0.191 e. The van der Waals surface area contributed by atoms with Gasteiger partial charge in [-0.15, -0.1) is 24.0 Å². The number of aliphatic imine (C=N–C) groups is 1. The van der Waals surface area contributed by atoms with E-state index in [2.05, 4.69) is 39.6 Å². The quantitative estimate of drug-likeness (QED) is 0.224. The van der Waals surface area contributed by atoms with E-state index in [4.69, 9.17) is 16.3 Å². The van der Waals surface area contributed by atoms with Gasteiger partial charge in [0.05, 0.1) is 13.2 Å². The Bertz CT molecular complexity index is 587. The molecule has 1 heterocycles. The van der Waals surface area contributed by atoms with Gasteiger partial charge in [0.1, 0.15) is 0 Å². The fraction of sp³-hybridized carbons (Fsp3) is 0.667. The van der Waals surface area contributed by atoms with Gasteiger partial charge in [0.25, 0.3) is 0 Å². The van der Waals surface area contributed by atoms with Crippen molar-refractivity contribution >= 4 is 41.5 Å². The van der Waals surface area contributed by atoms with E-state index in [-0.39, 0.29) is 24.0 Å². The Morgan fingerprint density at radius 2 is 1.89 bits per heavy atom. The molecule has 1 aliphatic carbocycles. The third-order valence-corrected chi connectivity index (χ3v) is 5.40. The number of ether oxygens (including phenoxy) is 1. The first-order valence-corrected chi connectivity index (χ1v) is 10.7. The van der Waals surface area contributed by atoms with Gasteiger partial charge >= 0.3 is 0 Å². The molecule has 7 heteroatoms. The van der Waals surface area contributed by atoms with Crippen molar-refractivity contribution in [3.05, 3.63) is 34.9 Å². The van der Waals surface area contributed by atoms with Crippen molar-refractivity contribution in [3.8, 4) is 0 Å². The van der Waals surface area contributed by atoms with Crippen LogP contribution in [0, 0.1) is 5.92 Å². The van der Waals surface area contributed by atoms with Crippen molar-refractivity contribution in [3.63, 3.8) is 0 Å². The zero-order valence-corrected chi connectivity index (χ0v) is 19.9. The van der Waals surface area contributed by atoms with E-state index in [1.54, 1.807) is 0 Å². The minimum Gasteiger partial charge on any atom is -0.379 e. The molecule has 2 N–H and O–H groups in total. The van der Waals surface area contributed by atoms with Gasteiger partial charge in [0.2, 0.25) is 0 Å². The van der Waals surface area contributed by atoms with Crippen LogP contribution in [0.25, 0.3) is 0 Å². The molecule has 1 aromatic rings. The molecular formula is C21H34ClIN4O. The molecule has 0 spiro atoms. The molecule has 28 heavy (non-hydrogen) atoms. The molecule has 0 radical (unpaired) electrons. The van der Waals surface area contributed by atoms with E-state index in [1.807, 2.05) is 12.1 Å². The molecule has 3 rings (SSSR count). The Kier molecular flexibility index (Phi) is 10.9. The minimum atomic E-state index is 0. The van der Waals surface area contributed by atoms with Crippen LogP contribution in [-0.4, -0.2) is 56.3 Å². The fourth-order valence-electron chi connectivity index (χ4n) is 3.35. The van der Waals surface area contributed by atoms with E-state index in [9.17, 15) is 0 Å². The minimum absolute atomic E-state index is 0. The second-order valence-corrected chi connectivity index (χ2v) is 8.04. The molecule has 0 aromatic heterocycles. The summed E-state index contributed by atoms with van der Waals surface area (Å²) in [7, 11) is 0. The number of halogens is 2. The van der Waals surface area contributed by atoms with Crippen LogP contribution in [0.1, 0.15) is 38.2 Å². The topological polar surface area (TPSA) is 48.9 Å². The highest BCUT2D eigenvalue weighted by Crippen LogP contribution is 2.28. The van der Waals surface area contributed by atoms with Crippen molar-refractivity contribution in [1.29, 1.82) is 0 Å². The first-order chi connectivity index (χ1) is 13.2. The maximum Gasteiger partial charge on any atom is 0.191 e. The second kappa shape index (κ2) is 12.9.